The van der Waals surface area contributed by atoms with E-state index in [1.54, 1.807) is 6.08 Å². The average molecular weight is 393 g/mol. The number of nitriles is 1. The van der Waals surface area contributed by atoms with Crippen molar-refractivity contribution in [3.8, 4) is 6.07 Å². The maximum absolute atomic E-state index is 12.7. The molecule has 1 aliphatic carbocycles. The minimum Gasteiger partial charge on any atom is -0.349 e. The molecular weight excluding hydrogens is 360 g/mol. The molecule has 1 aromatic heterocycles. The van der Waals surface area contributed by atoms with Gasteiger partial charge in [-0.1, -0.05) is 37.5 Å². The Hall–Kier alpha value is -2.58. The van der Waals surface area contributed by atoms with E-state index in [-0.39, 0.29) is 17.5 Å². The van der Waals surface area contributed by atoms with Crippen LogP contribution in [0.25, 0.3) is 17.0 Å². The first kappa shape index (κ1) is 21.1. The molecule has 1 aliphatic rings. The monoisotopic (exact) mass is 392 g/mol. The number of carbonyl (C=O) groups is 1. The van der Waals surface area contributed by atoms with Gasteiger partial charge >= 0.3 is 0 Å². The summed E-state index contributed by atoms with van der Waals surface area (Å²) in [6, 6.07) is 10.6. The summed E-state index contributed by atoms with van der Waals surface area (Å²) in [6.07, 6.45) is 8.37. The van der Waals surface area contributed by atoms with Crippen LogP contribution in [0.4, 0.5) is 0 Å². The number of carbonyl (C=O) groups excluding carboxylic acids is 1. The van der Waals surface area contributed by atoms with Crippen molar-refractivity contribution < 1.29 is 4.79 Å². The van der Waals surface area contributed by atoms with E-state index < -0.39 is 0 Å². The third-order valence-corrected chi connectivity index (χ3v) is 5.86. The molecule has 1 aromatic carbocycles. The number of hydrogen-bond donors (Lipinski definition) is 1. The van der Waals surface area contributed by atoms with Crippen LogP contribution in [0, 0.1) is 18.3 Å². The summed E-state index contributed by atoms with van der Waals surface area (Å²) in [4.78, 5) is 14.9. The first-order valence-corrected chi connectivity index (χ1v) is 10.7. The largest absolute Gasteiger partial charge is 0.349 e. The number of para-hydroxylation sites is 1. The highest BCUT2D eigenvalue weighted by Gasteiger charge is 2.19. The van der Waals surface area contributed by atoms with E-state index in [0.717, 1.165) is 67.4 Å². The Bertz CT molecular complexity index is 926. The SMILES string of the molecule is Cc1c(C=C(C#N)C(=O)NC2CCCCC2)c2ccccc2n1CCCN(C)C. The zero-order valence-electron chi connectivity index (χ0n) is 17.9. The topological polar surface area (TPSA) is 61.1 Å². The lowest BCUT2D eigenvalue weighted by molar-refractivity contribution is -0.117. The summed E-state index contributed by atoms with van der Waals surface area (Å²) in [5.74, 6) is -0.247. The number of aryl methyl sites for hydroxylation is 1. The Morgan fingerprint density at radius 3 is 2.69 bits per heavy atom. The minimum atomic E-state index is -0.247. The van der Waals surface area contributed by atoms with E-state index in [1.807, 2.05) is 12.1 Å². The predicted molar refractivity (Wildman–Crippen MR) is 118 cm³/mol. The average Bonchev–Trinajstić information content (AvgIpc) is 2.98. The summed E-state index contributed by atoms with van der Waals surface area (Å²) in [5.41, 5.74) is 3.42. The van der Waals surface area contributed by atoms with Gasteiger partial charge in [-0.15, -0.1) is 0 Å². The molecule has 1 heterocycles. The first-order chi connectivity index (χ1) is 14.0. The van der Waals surface area contributed by atoms with Crippen LogP contribution < -0.4 is 5.32 Å². The van der Waals surface area contributed by atoms with Crippen LogP contribution in [0.5, 0.6) is 0 Å². The molecule has 1 amide bonds. The molecule has 5 nitrogen and oxygen atoms in total. The fraction of sp³-hybridized carbons (Fsp3) is 0.500. The number of benzene rings is 1. The summed E-state index contributed by atoms with van der Waals surface area (Å²) in [5, 5.41) is 13.8. The molecule has 0 radical (unpaired) electrons. The molecule has 0 atom stereocenters. The highest BCUT2D eigenvalue weighted by atomic mass is 16.1. The van der Waals surface area contributed by atoms with Gasteiger partial charge in [0.1, 0.15) is 11.6 Å². The fourth-order valence-corrected chi connectivity index (χ4v) is 4.28. The van der Waals surface area contributed by atoms with Crippen LogP contribution in [0.15, 0.2) is 29.8 Å². The second kappa shape index (κ2) is 9.76. The van der Waals surface area contributed by atoms with Crippen LogP contribution in [-0.2, 0) is 11.3 Å². The summed E-state index contributed by atoms with van der Waals surface area (Å²) < 4.78 is 2.30. The standard InChI is InChI=1S/C24H32N4O/c1-18-22(16-19(17-25)24(29)26-20-10-5-4-6-11-20)21-12-7-8-13-23(21)28(18)15-9-14-27(2)3/h7-8,12-13,16,20H,4-6,9-11,14-15H2,1-3H3,(H,26,29). The third-order valence-electron chi connectivity index (χ3n) is 5.86. The third kappa shape index (κ3) is 5.07. The molecular formula is C24H32N4O. The minimum absolute atomic E-state index is 0.190. The Kier molecular flexibility index (Phi) is 7.11. The van der Waals surface area contributed by atoms with Crippen molar-refractivity contribution >= 4 is 22.9 Å². The number of amides is 1. The normalized spacial score (nSPS) is 15.6. The Balaban J connectivity index is 1.89. The summed E-state index contributed by atoms with van der Waals surface area (Å²) >= 11 is 0. The lowest BCUT2D eigenvalue weighted by Gasteiger charge is -2.22. The van der Waals surface area contributed by atoms with E-state index in [2.05, 4.69) is 54.0 Å². The molecule has 0 saturated heterocycles. The maximum atomic E-state index is 12.7. The van der Waals surface area contributed by atoms with E-state index in [9.17, 15) is 10.1 Å². The molecule has 1 N–H and O–H groups in total. The van der Waals surface area contributed by atoms with Gasteiger partial charge in [-0.2, -0.15) is 5.26 Å². The van der Waals surface area contributed by atoms with Gasteiger partial charge in [0.05, 0.1) is 0 Å². The quantitative estimate of drug-likeness (QED) is 0.566. The molecule has 1 saturated carbocycles. The molecule has 0 unspecified atom stereocenters. The highest BCUT2D eigenvalue weighted by Crippen LogP contribution is 2.28. The molecule has 0 aliphatic heterocycles. The summed E-state index contributed by atoms with van der Waals surface area (Å²) in [7, 11) is 4.16. The molecule has 0 spiro atoms. The van der Waals surface area contributed by atoms with Gasteiger partial charge < -0.3 is 14.8 Å². The Morgan fingerprint density at radius 2 is 2.00 bits per heavy atom. The number of nitrogens with zero attached hydrogens (tertiary/aromatic N) is 3. The van der Waals surface area contributed by atoms with Crippen LogP contribution in [0.2, 0.25) is 0 Å². The van der Waals surface area contributed by atoms with Gasteiger partial charge in [-0.3, -0.25) is 4.79 Å². The lowest BCUT2D eigenvalue weighted by atomic mass is 9.95. The van der Waals surface area contributed by atoms with E-state index in [1.165, 1.54) is 6.42 Å². The predicted octanol–water partition coefficient (Wildman–Crippen LogP) is 4.26. The smallest absolute Gasteiger partial charge is 0.262 e. The second-order valence-electron chi connectivity index (χ2n) is 8.30. The van der Waals surface area contributed by atoms with Gasteiger partial charge in [0, 0.05) is 34.7 Å². The molecule has 154 valence electrons. The number of aromatic nitrogens is 1. The molecule has 5 heteroatoms. The van der Waals surface area contributed by atoms with Crippen molar-refractivity contribution in [1.29, 1.82) is 5.26 Å². The number of fused-ring (bicyclic) bond motifs is 1. The van der Waals surface area contributed by atoms with Gasteiger partial charge in [-0.25, -0.2) is 0 Å². The molecule has 0 bridgehead atoms. The summed E-state index contributed by atoms with van der Waals surface area (Å²) in [6.45, 7) is 4.01. The van der Waals surface area contributed by atoms with Crippen molar-refractivity contribution in [2.45, 2.75) is 58.0 Å². The van der Waals surface area contributed by atoms with Crippen LogP contribution in [-0.4, -0.2) is 42.1 Å². The molecule has 1 fully saturated rings. The molecule has 29 heavy (non-hydrogen) atoms. The van der Waals surface area contributed by atoms with Crippen molar-refractivity contribution in [3.63, 3.8) is 0 Å². The molecule has 3 rings (SSSR count). The number of nitrogens with one attached hydrogen (secondary N) is 1. The van der Waals surface area contributed by atoms with Gasteiger partial charge in [0.2, 0.25) is 0 Å². The fourth-order valence-electron chi connectivity index (χ4n) is 4.28. The lowest BCUT2D eigenvalue weighted by Crippen LogP contribution is -2.36. The number of rotatable bonds is 7. The van der Waals surface area contributed by atoms with Crippen molar-refractivity contribution in [2.75, 3.05) is 20.6 Å². The van der Waals surface area contributed by atoms with E-state index >= 15 is 0 Å². The molecule has 2 aromatic rings. The zero-order chi connectivity index (χ0) is 20.8. The second-order valence-corrected chi connectivity index (χ2v) is 8.30. The Morgan fingerprint density at radius 1 is 1.28 bits per heavy atom. The van der Waals surface area contributed by atoms with E-state index in [0.29, 0.717) is 0 Å². The van der Waals surface area contributed by atoms with Gasteiger partial charge in [-0.05, 0) is 59.0 Å². The number of hydrogen-bond acceptors (Lipinski definition) is 3. The Labute approximate surface area is 174 Å². The van der Waals surface area contributed by atoms with E-state index in [4.69, 9.17) is 0 Å². The van der Waals surface area contributed by atoms with Crippen LogP contribution in [0.3, 0.4) is 0 Å². The van der Waals surface area contributed by atoms with Crippen molar-refractivity contribution in [2.24, 2.45) is 0 Å². The van der Waals surface area contributed by atoms with Crippen LogP contribution in [0.1, 0.15) is 49.8 Å². The van der Waals surface area contributed by atoms with Crippen molar-refractivity contribution in [1.82, 2.24) is 14.8 Å². The van der Waals surface area contributed by atoms with Gasteiger partial charge in [0.15, 0.2) is 0 Å². The maximum Gasteiger partial charge on any atom is 0.262 e. The van der Waals surface area contributed by atoms with Gasteiger partial charge in [0.25, 0.3) is 5.91 Å². The van der Waals surface area contributed by atoms with Crippen molar-refractivity contribution in [3.05, 3.63) is 41.1 Å². The highest BCUT2D eigenvalue weighted by molar-refractivity contribution is 6.04. The zero-order valence-corrected chi connectivity index (χ0v) is 17.9. The first-order valence-electron chi connectivity index (χ1n) is 10.7. The van der Waals surface area contributed by atoms with Crippen LogP contribution >= 0.6 is 0 Å².